The third kappa shape index (κ3) is 3.87. The summed E-state index contributed by atoms with van der Waals surface area (Å²) in [6, 6.07) is 8.09. The van der Waals surface area contributed by atoms with Crippen LogP contribution in [0.1, 0.15) is 12.5 Å². The fourth-order valence-electron chi connectivity index (χ4n) is 1.93. The van der Waals surface area contributed by atoms with Crippen molar-refractivity contribution in [2.75, 3.05) is 20.3 Å². The van der Waals surface area contributed by atoms with E-state index in [-0.39, 0.29) is 18.6 Å². The van der Waals surface area contributed by atoms with Crippen LogP contribution in [-0.4, -0.2) is 26.5 Å². The molecule has 1 fully saturated rings. The Morgan fingerprint density at radius 1 is 1.41 bits per heavy atom. The maximum Gasteiger partial charge on any atom is 0.122 e. The quantitative estimate of drug-likeness (QED) is 0.901. The number of benzene rings is 1. The molecule has 1 heterocycles. The van der Waals surface area contributed by atoms with Crippen LogP contribution >= 0.6 is 12.4 Å². The van der Waals surface area contributed by atoms with Gasteiger partial charge in [-0.15, -0.1) is 12.4 Å². The highest BCUT2D eigenvalue weighted by atomic mass is 35.5. The van der Waals surface area contributed by atoms with Crippen molar-refractivity contribution in [2.45, 2.75) is 19.6 Å². The van der Waals surface area contributed by atoms with Crippen molar-refractivity contribution in [3.8, 4) is 5.75 Å². The molecule has 4 heteroatoms. The summed E-state index contributed by atoms with van der Waals surface area (Å²) in [5.41, 5.74) is 1.19. The Kier molecular flexibility index (Phi) is 5.75. The number of hydrogen-bond acceptors (Lipinski definition) is 3. The summed E-state index contributed by atoms with van der Waals surface area (Å²) in [6.07, 6.45) is 0.976. The van der Waals surface area contributed by atoms with Crippen LogP contribution in [0.3, 0.4) is 0 Å². The third-order valence-electron chi connectivity index (χ3n) is 2.87. The van der Waals surface area contributed by atoms with Gasteiger partial charge >= 0.3 is 0 Å². The fraction of sp³-hybridized carbons (Fsp3) is 0.538. The highest BCUT2D eigenvalue weighted by Crippen LogP contribution is 2.20. The molecule has 2 atom stereocenters. The molecule has 1 saturated heterocycles. The molecule has 2 unspecified atom stereocenters. The van der Waals surface area contributed by atoms with Gasteiger partial charge in [-0.1, -0.05) is 25.1 Å². The van der Waals surface area contributed by atoms with Crippen molar-refractivity contribution in [3.63, 3.8) is 0 Å². The van der Waals surface area contributed by atoms with Crippen molar-refractivity contribution in [1.82, 2.24) is 5.32 Å². The van der Waals surface area contributed by atoms with E-state index in [2.05, 4.69) is 18.3 Å². The Morgan fingerprint density at radius 3 is 2.82 bits per heavy atom. The monoisotopic (exact) mass is 257 g/mol. The number of para-hydroxylation sites is 1. The van der Waals surface area contributed by atoms with Gasteiger partial charge in [0.1, 0.15) is 12.0 Å². The normalized spacial score (nSPS) is 23.9. The maximum absolute atomic E-state index is 5.73. The van der Waals surface area contributed by atoms with Gasteiger partial charge in [0.2, 0.25) is 0 Å². The number of halogens is 1. The average molecular weight is 258 g/mol. The van der Waals surface area contributed by atoms with Crippen LogP contribution in [0.2, 0.25) is 0 Å². The third-order valence-corrected chi connectivity index (χ3v) is 2.87. The zero-order chi connectivity index (χ0) is 11.4. The fourth-order valence-corrected chi connectivity index (χ4v) is 1.93. The van der Waals surface area contributed by atoms with Gasteiger partial charge in [-0.25, -0.2) is 0 Å². The highest BCUT2D eigenvalue weighted by Gasteiger charge is 2.19. The second-order valence-corrected chi connectivity index (χ2v) is 4.35. The van der Waals surface area contributed by atoms with E-state index in [1.807, 2.05) is 18.2 Å². The predicted molar refractivity (Wildman–Crippen MR) is 70.9 cm³/mol. The van der Waals surface area contributed by atoms with E-state index in [1.165, 1.54) is 5.56 Å². The molecule has 0 aromatic heterocycles. The molecule has 0 saturated carbocycles. The van der Waals surface area contributed by atoms with Crippen molar-refractivity contribution in [1.29, 1.82) is 0 Å². The van der Waals surface area contributed by atoms with Crippen LogP contribution in [0, 0.1) is 5.92 Å². The Hall–Kier alpha value is -0.770. The lowest BCUT2D eigenvalue weighted by Crippen LogP contribution is -2.43. The molecule has 1 N–H and O–H groups in total. The molecular formula is C13H20ClNO2. The van der Waals surface area contributed by atoms with Crippen LogP contribution in [0.5, 0.6) is 5.75 Å². The lowest BCUT2D eigenvalue weighted by atomic mass is 10.1. The molecule has 1 aromatic carbocycles. The van der Waals surface area contributed by atoms with Gasteiger partial charge in [0, 0.05) is 13.0 Å². The van der Waals surface area contributed by atoms with E-state index in [0.717, 1.165) is 25.3 Å². The number of methoxy groups -OCH3 is 1. The topological polar surface area (TPSA) is 30.5 Å². The number of ether oxygens (including phenoxy) is 2. The lowest BCUT2D eigenvalue weighted by Gasteiger charge is -2.28. The smallest absolute Gasteiger partial charge is 0.122 e. The van der Waals surface area contributed by atoms with Crippen molar-refractivity contribution >= 4 is 12.4 Å². The van der Waals surface area contributed by atoms with Gasteiger partial charge in [-0.3, -0.25) is 5.32 Å². The van der Waals surface area contributed by atoms with E-state index in [1.54, 1.807) is 7.11 Å². The summed E-state index contributed by atoms with van der Waals surface area (Å²) in [5.74, 6) is 1.54. The summed E-state index contributed by atoms with van der Waals surface area (Å²) in [6.45, 7) is 4.05. The first-order chi connectivity index (χ1) is 7.79. The first kappa shape index (κ1) is 14.3. The van der Waals surface area contributed by atoms with Gasteiger partial charge in [0.05, 0.1) is 13.7 Å². The molecule has 1 aliphatic heterocycles. The zero-order valence-corrected chi connectivity index (χ0v) is 11.1. The van der Waals surface area contributed by atoms with E-state index < -0.39 is 0 Å². The first-order valence-corrected chi connectivity index (χ1v) is 5.76. The van der Waals surface area contributed by atoms with Crippen LogP contribution < -0.4 is 10.1 Å². The largest absolute Gasteiger partial charge is 0.496 e. The molecule has 0 spiro atoms. The van der Waals surface area contributed by atoms with Gasteiger partial charge in [0.15, 0.2) is 0 Å². The molecule has 1 aliphatic rings. The molecule has 17 heavy (non-hydrogen) atoms. The molecule has 0 bridgehead atoms. The van der Waals surface area contributed by atoms with Gasteiger partial charge in [-0.05, 0) is 17.5 Å². The van der Waals surface area contributed by atoms with Crippen LogP contribution in [0.4, 0.5) is 0 Å². The number of hydrogen-bond donors (Lipinski definition) is 1. The summed E-state index contributed by atoms with van der Waals surface area (Å²) in [4.78, 5) is 0. The van der Waals surface area contributed by atoms with Gasteiger partial charge in [-0.2, -0.15) is 0 Å². The van der Waals surface area contributed by atoms with Crippen molar-refractivity contribution < 1.29 is 9.47 Å². The van der Waals surface area contributed by atoms with Crippen LogP contribution in [0.15, 0.2) is 24.3 Å². The predicted octanol–water partition coefficient (Wildman–Crippen LogP) is 2.24. The molecule has 0 radical (unpaired) electrons. The molecule has 3 nitrogen and oxygen atoms in total. The number of rotatable bonds is 3. The average Bonchev–Trinajstić information content (AvgIpc) is 2.33. The molecule has 0 aliphatic carbocycles. The molecule has 96 valence electrons. The van der Waals surface area contributed by atoms with Gasteiger partial charge < -0.3 is 9.47 Å². The maximum atomic E-state index is 5.73. The standard InChI is InChI=1S/C13H19NO2.ClH/c1-10-8-14-13(16-9-10)7-11-5-3-4-6-12(11)15-2;/h3-6,10,13-14H,7-9H2,1-2H3;1H. The Morgan fingerprint density at radius 2 is 2.18 bits per heavy atom. The lowest BCUT2D eigenvalue weighted by molar-refractivity contribution is -0.0230. The molecule has 0 amide bonds. The summed E-state index contributed by atoms with van der Waals surface area (Å²) >= 11 is 0. The van der Waals surface area contributed by atoms with Crippen molar-refractivity contribution in [3.05, 3.63) is 29.8 Å². The second kappa shape index (κ2) is 6.84. The van der Waals surface area contributed by atoms with Gasteiger partial charge in [0.25, 0.3) is 0 Å². The van der Waals surface area contributed by atoms with Crippen LogP contribution in [-0.2, 0) is 11.2 Å². The van der Waals surface area contributed by atoms with E-state index in [0.29, 0.717) is 5.92 Å². The minimum absolute atomic E-state index is 0. The molecule has 1 aromatic rings. The second-order valence-electron chi connectivity index (χ2n) is 4.35. The molecule has 2 rings (SSSR count). The SMILES string of the molecule is COc1ccccc1CC1NCC(C)CO1.Cl. The van der Waals surface area contributed by atoms with E-state index in [9.17, 15) is 0 Å². The minimum atomic E-state index is 0. The Bertz CT molecular complexity index is 338. The van der Waals surface area contributed by atoms with E-state index >= 15 is 0 Å². The first-order valence-electron chi connectivity index (χ1n) is 5.76. The molecular weight excluding hydrogens is 238 g/mol. The summed E-state index contributed by atoms with van der Waals surface area (Å²) in [7, 11) is 1.70. The zero-order valence-electron chi connectivity index (χ0n) is 10.3. The minimum Gasteiger partial charge on any atom is -0.496 e. The van der Waals surface area contributed by atoms with Crippen LogP contribution in [0.25, 0.3) is 0 Å². The summed E-state index contributed by atoms with van der Waals surface area (Å²) in [5, 5.41) is 3.39. The summed E-state index contributed by atoms with van der Waals surface area (Å²) < 4.78 is 11.1. The van der Waals surface area contributed by atoms with Crippen molar-refractivity contribution in [2.24, 2.45) is 5.92 Å². The van der Waals surface area contributed by atoms with E-state index in [4.69, 9.17) is 9.47 Å². The highest BCUT2D eigenvalue weighted by molar-refractivity contribution is 5.85. The Balaban J connectivity index is 0.00000144. The number of nitrogens with one attached hydrogen (secondary N) is 1. The Labute approximate surface area is 109 Å².